The van der Waals surface area contributed by atoms with E-state index >= 15 is 0 Å². The Balaban J connectivity index is 2.41. The molecule has 2 aliphatic carbocycles. The smallest absolute Gasteiger partial charge is 0.288 e. The summed E-state index contributed by atoms with van der Waals surface area (Å²) in [4.78, 5) is 13.4. The number of carbonyl (C=O) groups is 1. The maximum atomic E-state index is 13.4. The lowest BCUT2D eigenvalue weighted by Gasteiger charge is -2.48. The van der Waals surface area contributed by atoms with Crippen molar-refractivity contribution in [2.75, 3.05) is 35.5 Å². The van der Waals surface area contributed by atoms with Crippen molar-refractivity contribution in [3.63, 3.8) is 0 Å². The largest absolute Gasteiger partial charge is 0.495 e. The van der Waals surface area contributed by atoms with Crippen molar-refractivity contribution in [1.82, 2.24) is 0 Å². The van der Waals surface area contributed by atoms with Crippen molar-refractivity contribution < 1.29 is 28.5 Å². The molecular weight excluding hydrogens is 360 g/mol. The molecule has 6 heteroatoms. The van der Waals surface area contributed by atoms with E-state index in [-0.39, 0.29) is 12.2 Å². The first-order chi connectivity index (χ1) is 13.5. The van der Waals surface area contributed by atoms with Gasteiger partial charge in [0.15, 0.2) is 17.3 Å². The van der Waals surface area contributed by atoms with Gasteiger partial charge in [-0.15, -0.1) is 6.58 Å². The minimum absolute atomic E-state index is 0.194. The van der Waals surface area contributed by atoms with Crippen molar-refractivity contribution in [2.45, 2.75) is 36.9 Å². The summed E-state index contributed by atoms with van der Waals surface area (Å²) in [6.07, 6.45) is 4.09. The molecule has 0 bridgehead atoms. The summed E-state index contributed by atoms with van der Waals surface area (Å²) >= 11 is 0. The summed E-state index contributed by atoms with van der Waals surface area (Å²) in [6, 6.07) is 3.95. The Labute approximate surface area is 166 Å². The lowest BCUT2D eigenvalue weighted by Crippen LogP contribution is -2.55. The predicted octanol–water partition coefficient (Wildman–Crippen LogP) is 3.33. The number of allylic oxidation sites excluding steroid dienone is 2. The molecule has 2 aliphatic rings. The Bertz CT molecular complexity index is 821. The highest BCUT2D eigenvalue weighted by Gasteiger charge is 2.58. The average Bonchev–Trinajstić information content (AvgIpc) is 2.72. The molecule has 0 aliphatic heterocycles. The van der Waals surface area contributed by atoms with E-state index in [1.165, 1.54) is 14.2 Å². The van der Waals surface area contributed by atoms with Gasteiger partial charge in [-0.1, -0.05) is 12.1 Å². The van der Waals surface area contributed by atoms with Crippen LogP contribution in [0.4, 0.5) is 0 Å². The van der Waals surface area contributed by atoms with Gasteiger partial charge in [0.05, 0.1) is 21.3 Å². The maximum absolute atomic E-state index is 13.4. The van der Waals surface area contributed by atoms with Gasteiger partial charge in [0.25, 0.3) is 5.79 Å². The number of methoxy groups -OCH3 is 5. The fourth-order valence-corrected chi connectivity index (χ4v) is 4.89. The van der Waals surface area contributed by atoms with Gasteiger partial charge in [-0.3, -0.25) is 4.79 Å². The number of Topliss-reactive ketones (excluding diaryl/α,β-unsaturated/α-hetero) is 1. The number of fused-ring (bicyclic) bond motifs is 3. The molecule has 1 aromatic carbocycles. The molecule has 0 fully saturated rings. The van der Waals surface area contributed by atoms with Gasteiger partial charge in [0.2, 0.25) is 5.78 Å². The first kappa shape index (κ1) is 20.4. The van der Waals surface area contributed by atoms with Crippen LogP contribution in [-0.4, -0.2) is 47.1 Å². The predicted molar refractivity (Wildman–Crippen MR) is 105 cm³/mol. The molecular formula is C22H28O6. The molecule has 0 radical (unpaired) electrons. The van der Waals surface area contributed by atoms with Crippen LogP contribution in [0, 0.1) is 0 Å². The van der Waals surface area contributed by atoms with Gasteiger partial charge in [0.1, 0.15) is 0 Å². The standard InChI is InChI=1S/C22H28O6/c1-7-12-21-13-17(23)22(27-5,28-6)20(26-4)15(21)10-8-14-9-11-16(24-2)19(25-3)18(14)21/h7,9,11H,1,8,10,12-13H2,2-6H3/t21-/m1/s1. The lowest BCUT2D eigenvalue weighted by atomic mass is 9.58. The number of ether oxygens (including phenoxy) is 5. The zero-order chi connectivity index (χ0) is 20.5. The molecule has 0 amide bonds. The molecule has 28 heavy (non-hydrogen) atoms. The van der Waals surface area contributed by atoms with Crippen LogP contribution in [0.5, 0.6) is 11.5 Å². The zero-order valence-corrected chi connectivity index (χ0v) is 17.2. The number of carbonyl (C=O) groups excluding carboxylic acids is 1. The maximum Gasteiger partial charge on any atom is 0.288 e. The van der Waals surface area contributed by atoms with Crippen molar-refractivity contribution in [3.05, 3.63) is 47.2 Å². The summed E-state index contributed by atoms with van der Waals surface area (Å²) in [5.41, 5.74) is 2.43. The molecule has 152 valence electrons. The Morgan fingerprint density at radius 2 is 1.75 bits per heavy atom. The van der Waals surface area contributed by atoms with Crippen LogP contribution in [0.1, 0.15) is 30.4 Å². The van der Waals surface area contributed by atoms with Gasteiger partial charge in [0, 0.05) is 31.6 Å². The van der Waals surface area contributed by atoms with E-state index in [9.17, 15) is 4.79 Å². The summed E-state index contributed by atoms with van der Waals surface area (Å²) in [5, 5.41) is 0. The Hall–Kier alpha value is -2.31. The Morgan fingerprint density at radius 3 is 2.29 bits per heavy atom. The van der Waals surface area contributed by atoms with E-state index in [0.717, 1.165) is 29.5 Å². The monoisotopic (exact) mass is 388 g/mol. The van der Waals surface area contributed by atoms with E-state index in [2.05, 4.69) is 6.58 Å². The minimum Gasteiger partial charge on any atom is -0.495 e. The minimum atomic E-state index is -1.53. The normalized spacial score (nSPS) is 23.0. The Kier molecular flexibility index (Phi) is 5.55. The molecule has 1 atom stereocenters. The number of hydrogen-bond donors (Lipinski definition) is 0. The molecule has 0 saturated carbocycles. The van der Waals surface area contributed by atoms with E-state index in [0.29, 0.717) is 23.7 Å². The van der Waals surface area contributed by atoms with Crippen molar-refractivity contribution in [3.8, 4) is 11.5 Å². The second kappa shape index (κ2) is 7.60. The van der Waals surface area contributed by atoms with Crippen LogP contribution >= 0.6 is 0 Å². The molecule has 0 N–H and O–H groups in total. The number of benzene rings is 1. The molecule has 1 aromatic rings. The molecule has 0 aromatic heterocycles. The van der Waals surface area contributed by atoms with E-state index in [4.69, 9.17) is 23.7 Å². The quantitative estimate of drug-likeness (QED) is 0.527. The fraction of sp³-hybridized carbons (Fsp3) is 0.500. The number of rotatable bonds is 7. The number of aryl methyl sites for hydroxylation is 1. The highest BCUT2D eigenvalue weighted by Crippen LogP contribution is 2.57. The van der Waals surface area contributed by atoms with E-state index in [1.807, 2.05) is 18.2 Å². The van der Waals surface area contributed by atoms with Crippen molar-refractivity contribution in [2.24, 2.45) is 0 Å². The molecule has 0 heterocycles. The van der Waals surface area contributed by atoms with E-state index in [1.54, 1.807) is 21.3 Å². The average molecular weight is 388 g/mol. The van der Waals surface area contributed by atoms with Crippen LogP contribution in [0.15, 0.2) is 36.1 Å². The molecule has 0 saturated heterocycles. The summed E-state index contributed by atoms with van der Waals surface area (Å²) in [5.74, 6) is -0.0284. The highest BCUT2D eigenvalue weighted by molar-refractivity contribution is 5.93. The third-order valence-electron chi connectivity index (χ3n) is 6.01. The van der Waals surface area contributed by atoms with Gasteiger partial charge >= 0.3 is 0 Å². The third-order valence-corrected chi connectivity index (χ3v) is 6.01. The second-order valence-electron chi connectivity index (χ2n) is 7.05. The molecule has 6 nitrogen and oxygen atoms in total. The van der Waals surface area contributed by atoms with Gasteiger partial charge < -0.3 is 23.7 Å². The molecule has 0 spiro atoms. The van der Waals surface area contributed by atoms with Crippen LogP contribution in [0.25, 0.3) is 0 Å². The van der Waals surface area contributed by atoms with Gasteiger partial charge in [-0.25, -0.2) is 0 Å². The first-order valence-electron chi connectivity index (χ1n) is 9.26. The van der Waals surface area contributed by atoms with Gasteiger partial charge in [-0.05, 0) is 36.5 Å². The lowest BCUT2D eigenvalue weighted by molar-refractivity contribution is -0.208. The van der Waals surface area contributed by atoms with Crippen molar-refractivity contribution in [1.29, 1.82) is 0 Å². The summed E-state index contributed by atoms with van der Waals surface area (Å²) in [7, 11) is 7.69. The molecule has 0 unspecified atom stereocenters. The summed E-state index contributed by atoms with van der Waals surface area (Å²) < 4.78 is 28.2. The van der Waals surface area contributed by atoms with Crippen LogP contribution in [0.3, 0.4) is 0 Å². The fourth-order valence-electron chi connectivity index (χ4n) is 4.89. The van der Waals surface area contributed by atoms with Gasteiger partial charge in [-0.2, -0.15) is 0 Å². The van der Waals surface area contributed by atoms with Crippen LogP contribution in [-0.2, 0) is 30.8 Å². The summed E-state index contributed by atoms with van der Waals surface area (Å²) in [6.45, 7) is 3.95. The number of ketones is 1. The SMILES string of the molecule is C=CC[C@@]12CC(=O)C(OC)(OC)C(OC)=C1CCc1ccc(OC)c(OC)c12. The van der Waals surface area contributed by atoms with Crippen molar-refractivity contribution >= 4 is 5.78 Å². The highest BCUT2D eigenvalue weighted by atomic mass is 16.7. The molecule has 3 rings (SSSR count). The second-order valence-corrected chi connectivity index (χ2v) is 7.05. The van der Waals surface area contributed by atoms with Crippen LogP contribution in [0.2, 0.25) is 0 Å². The number of hydrogen-bond acceptors (Lipinski definition) is 6. The van der Waals surface area contributed by atoms with E-state index < -0.39 is 11.2 Å². The zero-order valence-electron chi connectivity index (χ0n) is 17.2. The Morgan fingerprint density at radius 1 is 1.04 bits per heavy atom. The third kappa shape index (κ3) is 2.58. The van der Waals surface area contributed by atoms with Crippen LogP contribution < -0.4 is 9.47 Å². The first-order valence-corrected chi connectivity index (χ1v) is 9.26. The topological polar surface area (TPSA) is 63.2 Å².